The molecule has 0 aliphatic carbocycles. The summed E-state index contributed by atoms with van der Waals surface area (Å²) < 4.78 is 13.3. The van der Waals surface area contributed by atoms with Gasteiger partial charge in [-0.3, -0.25) is 4.79 Å². The van der Waals surface area contributed by atoms with Crippen molar-refractivity contribution >= 4 is 17.5 Å². The molecule has 1 aromatic rings. The fourth-order valence-corrected chi connectivity index (χ4v) is 2.01. The van der Waals surface area contributed by atoms with Crippen molar-refractivity contribution in [3.63, 3.8) is 0 Å². The third kappa shape index (κ3) is 3.67. The van der Waals surface area contributed by atoms with Crippen molar-refractivity contribution in [1.29, 1.82) is 0 Å². The number of carbonyl (C=O) groups excluding carboxylic acids is 1. The quantitative estimate of drug-likeness (QED) is 0.565. The van der Waals surface area contributed by atoms with E-state index >= 15 is 0 Å². The minimum Gasteiger partial charge on any atom is -0.293 e. The van der Waals surface area contributed by atoms with Crippen LogP contribution in [0.1, 0.15) is 29.3 Å². The third-order valence-corrected chi connectivity index (χ3v) is 3.17. The summed E-state index contributed by atoms with van der Waals surface area (Å²) in [6, 6.07) is 4.64. The van der Waals surface area contributed by atoms with Crippen LogP contribution in [-0.4, -0.2) is 17.3 Å². The van der Waals surface area contributed by atoms with E-state index < -0.39 is 5.82 Å². The maximum absolute atomic E-state index is 13.3. The van der Waals surface area contributed by atoms with Crippen LogP contribution in [0.3, 0.4) is 0 Å². The molecule has 0 saturated carbocycles. The van der Waals surface area contributed by atoms with Crippen molar-refractivity contribution < 1.29 is 9.18 Å². The zero-order valence-corrected chi connectivity index (χ0v) is 9.86. The summed E-state index contributed by atoms with van der Waals surface area (Å²) in [5, 5.41) is 0. The fraction of sp³-hybridized carbons (Fsp3) is 0.417. The number of halogens is 1. The second kappa shape index (κ2) is 5.91. The first-order valence-electron chi connectivity index (χ1n) is 5.02. The lowest BCUT2D eigenvalue weighted by Gasteiger charge is -2.03. The van der Waals surface area contributed by atoms with E-state index in [2.05, 4.69) is 6.92 Å². The van der Waals surface area contributed by atoms with Crippen LogP contribution in [-0.2, 0) is 0 Å². The molecule has 0 atom stereocenters. The molecule has 0 aromatic heterocycles. The van der Waals surface area contributed by atoms with Crippen LogP contribution in [0.15, 0.2) is 18.2 Å². The highest BCUT2D eigenvalue weighted by molar-refractivity contribution is 7.99. The minimum absolute atomic E-state index is 0.116. The van der Waals surface area contributed by atoms with Gasteiger partial charge in [-0.15, -0.1) is 0 Å². The zero-order valence-electron chi connectivity index (χ0n) is 9.05. The Bertz CT molecular complexity index is 349. The van der Waals surface area contributed by atoms with Gasteiger partial charge in [-0.2, -0.15) is 11.8 Å². The Labute approximate surface area is 94.1 Å². The average Bonchev–Trinajstić information content (AvgIpc) is 2.22. The topological polar surface area (TPSA) is 17.1 Å². The Hall–Kier alpha value is -0.830. The van der Waals surface area contributed by atoms with Gasteiger partial charge in [0.15, 0.2) is 5.78 Å². The molecule has 0 saturated heterocycles. The van der Waals surface area contributed by atoms with E-state index in [9.17, 15) is 9.18 Å². The van der Waals surface area contributed by atoms with Crippen molar-refractivity contribution in [1.82, 2.24) is 0 Å². The molecule has 3 heteroatoms. The lowest BCUT2D eigenvalue weighted by molar-refractivity contribution is 0.101. The molecule has 1 rings (SSSR count). The van der Waals surface area contributed by atoms with Gasteiger partial charge >= 0.3 is 0 Å². The van der Waals surface area contributed by atoms with Crippen molar-refractivity contribution in [2.45, 2.75) is 20.3 Å². The number of carbonyl (C=O) groups is 1. The highest BCUT2D eigenvalue weighted by Gasteiger charge is 2.11. The maximum Gasteiger partial charge on any atom is 0.175 e. The second-order valence-corrected chi connectivity index (χ2v) is 4.56. The van der Waals surface area contributed by atoms with Crippen LogP contribution < -0.4 is 0 Å². The average molecular weight is 226 g/mol. The van der Waals surface area contributed by atoms with E-state index in [0.717, 1.165) is 17.7 Å². The fourth-order valence-electron chi connectivity index (χ4n) is 1.24. The van der Waals surface area contributed by atoms with Gasteiger partial charge in [-0.1, -0.05) is 18.6 Å². The SMILES string of the molecule is CCCSCC(=O)c1cc(C)ccc1F. The van der Waals surface area contributed by atoms with E-state index in [1.54, 1.807) is 23.9 Å². The van der Waals surface area contributed by atoms with Gasteiger partial charge in [0.05, 0.1) is 11.3 Å². The molecular formula is C12H15FOS. The Morgan fingerprint density at radius 1 is 1.47 bits per heavy atom. The highest BCUT2D eigenvalue weighted by atomic mass is 32.2. The monoisotopic (exact) mass is 226 g/mol. The standard InChI is InChI=1S/C12H15FOS/c1-3-6-15-8-12(14)10-7-9(2)4-5-11(10)13/h4-5,7H,3,6,8H2,1-2H3. The van der Waals surface area contributed by atoms with Gasteiger partial charge in [0, 0.05) is 0 Å². The molecular weight excluding hydrogens is 211 g/mol. The molecule has 1 nitrogen and oxygen atoms in total. The van der Waals surface area contributed by atoms with Crippen LogP contribution >= 0.6 is 11.8 Å². The number of hydrogen-bond acceptors (Lipinski definition) is 2. The summed E-state index contributed by atoms with van der Waals surface area (Å²) in [5.41, 5.74) is 1.14. The van der Waals surface area contributed by atoms with Crippen molar-refractivity contribution in [3.05, 3.63) is 35.1 Å². The minimum atomic E-state index is -0.414. The molecule has 0 bridgehead atoms. The molecule has 1 aromatic carbocycles. The van der Waals surface area contributed by atoms with Gasteiger partial charge < -0.3 is 0 Å². The van der Waals surface area contributed by atoms with Gasteiger partial charge in [0.1, 0.15) is 5.82 Å². The Kier molecular flexibility index (Phi) is 4.82. The van der Waals surface area contributed by atoms with Gasteiger partial charge in [-0.05, 0) is 31.2 Å². The predicted octanol–water partition coefficient (Wildman–Crippen LogP) is 3.46. The summed E-state index contributed by atoms with van der Waals surface area (Å²) in [7, 11) is 0. The number of hydrogen-bond donors (Lipinski definition) is 0. The van der Waals surface area contributed by atoms with Crippen molar-refractivity contribution in [2.75, 3.05) is 11.5 Å². The molecule has 0 spiro atoms. The summed E-state index contributed by atoms with van der Waals surface area (Å²) in [5.74, 6) is 0.783. The summed E-state index contributed by atoms with van der Waals surface area (Å²) in [4.78, 5) is 11.6. The van der Waals surface area contributed by atoms with E-state index in [1.807, 2.05) is 6.92 Å². The van der Waals surface area contributed by atoms with Crippen LogP contribution in [0.25, 0.3) is 0 Å². The van der Waals surface area contributed by atoms with Crippen LogP contribution in [0.4, 0.5) is 4.39 Å². The first-order valence-corrected chi connectivity index (χ1v) is 6.17. The molecule has 0 radical (unpaired) electrons. The smallest absolute Gasteiger partial charge is 0.175 e. The molecule has 0 N–H and O–H groups in total. The zero-order chi connectivity index (χ0) is 11.3. The summed E-state index contributed by atoms with van der Waals surface area (Å²) in [6.07, 6.45) is 1.04. The first-order chi connectivity index (χ1) is 7.15. The van der Waals surface area contributed by atoms with Gasteiger partial charge in [0.25, 0.3) is 0 Å². The van der Waals surface area contributed by atoms with Crippen LogP contribution in [0.5, 0.6) is 0 Å². The molecule has 0 aliphatic heterocycles. The number of thioether (sulfide) groups is 1. The Balaban J connectivity index is 2.68. The largest absolute Gasteiger partial charge is 0.293 e. The molecule has 82 valence electrons. The summed E-state index contributed by atoms with van der Waals surface area (Å²) in [6.45, 7) is 3.92. The van der Waals surface area contributed by atoms with Crippen LogP contribution in [0.2, 0.25) is 0 Å². The second-order valence-electron chi connectivity index (χ2n) is 3.46. The first kappa shape index (κ1) is 12.2. The number of rotatable bonds is 5. The Morgan fingerprint density at radius 2 is 2.20 bits per heavy atom. The lowest BCUT2D eigenvalue weighted by Crippen LogP contribution is -2.06. The number of ketones is 1. The van der Waals surface area contributed by atoms with Crippen molar-refractivity contribution in [3.8, 4) is 0 Å². The molecule has 0 heterocycles. The molecule has 15 heavy (non-hydrogen) atoms. The summed E-state index contributed by atoms with van der Waals surface area (Å²) >= 11 is 1.55. The van der Waals surface area contributed by atoms with E-state index in [0.29, 0.717) is 5.75 Å². The number of aryl methyl sites for hydroxylation is 1. The van der Waals surface area contributed by atoms with E-state index in [1.165, 1.54) is 6.07 Å². The van der Waals surface area contributed by atoms with Gasteiger partial charge in [-0.25, -0.2) is 4.39 Å². The van der Waals surface area contributed by atoms with E-state index in [4.69, 9.17) is 0 Å². The molecule has 0 unspecified atom stereocenters. The third-order valence-electron chi connectivity index (χ3n) is 2.00. The number of Topliss-reactive ketones (excluding diaryl/α,β-unsaturated/α-hetero) is 1. The van der Waals surface area contributed by atoms with Gasteiger partial charge in [0.2, 0.25) is 0 Å². The molecule has 0 fully saturated rings. The molecule has 0 aliphatic rings. The van der Waals surface area contributed by atoms with Crippen molar-refractivity contribution in [2.24, 2.45) is 0 Å². The highest BCUT2D eigenvalue weighted by Crippen LogP contribution is 2.13. The van der Waals surface area contributed by atoms with Crippen LogP contribution in [0, 0.1) is 12.7 Å². The number of benzene rings is 1. The lowest BCUT2D eigenvalue weighted by atomic mass is 10.1. The Morgan fingerprint density at radius 3 is 2.87 bits per heavy atom. The molecule has 0 amide bonds. The maximum atomic E-state index is 13.3. The predicted molar refractivity (Wildman–Crippen MR) is 63.1 cm³/mol. The van der Waals surface area contributed by atoms with E-state index in [-0.39, 0.29) is 11.3 Å². The normalized spacial score (nSPS) is 10.3.